The first kappa shape index (κ1) is 17.4. The van der Waals surface area contributed by atoms with Gasteiger partial charge in [-0.25, -0.2) is 9.78 Å². The molecule has 3 rings (SSSR count). The zero-order valence-corrected chi connectivity index (χ0v) is 14.4. The van der Waals surface area contributed by atoms with Gasteiger partial charge in [0.1, 0.15) is 0 Å². The van der Waals surface area contributed by atoms with E-state index in [1.807, 2.05) is 54.6 Å². The fourth-order valence-electron chi connectivity index (χ4n) is 2.52. The van der Waals surface area contributed by atoms with Crippen molar-refractivity contribution < 1.29 is 9.53 Å². The van der Waals surface area contributed by atoms with Crippen LogP contribution in [0.25, 0.3) is 0 Å². The molecule has 2 aromatic heterocycles. The number of methoxy groups -OCH3 is 1. The standard InChI is InChI=1S/C20H20N4O2/c1-26-18-11-10-15(13-22-18)14-23-20(25)24-19(16-7-3-2-4-8-16)17-9-5-6-12-21-17/h2-13,19H,14H2,1H3,(H2,23,24,25). The van der Waals surface area contributed by atoms with E-state index < -0.39 is 0 Å². The van der Waals surface area contributed by atoms with E-state index in [1.54, 1.807) is 25.6 Å². The van der Waals surface area contributed by atoms with Crippen molar-refractivity contribution in [2.45, 2.75) is 12.6 Å². The molecule has 2 amide bonds. The summed E-state index contributed by atoms with van der Waals surface area (Å²) in [5, 5.41) is 5.83. The second-order valence-corrected chi connectivity index (χ2v) is 5.63. The Morgan fingerprint density at radius 2 is 1.85 bits per heavy atom. The summed E-state index contributed by atoms with van der Waals surface area (Å²) in [7, 11) is 1.56. The highest BCUT2D eigenvalue weighted by Gasteiger charge is 2.17. The molecule has 2 heterocycles. The number of hydrogen-bond acceptors (Lipinski definition) is 4. The van der Waals surface area contributed by atoms with Crippen LogP contribution in [0.3, 0.4) is 0 Å². The van der Waals surface area contributed by atoms with E-state index in [0.717, 1.165) is 16.8 Å². The van der Waals surface area contributed by atoms with Gasteiger partial charge in [-0.15, -0.1) is 0 Å². The molecule has 1 aromatic carbocycles. The van der Waals surface area contributed by atoms with Crippen LogP contribution in [0.4, 0.5) is 4.79 Å². The molecule has 0 bridgehead atoms. The third-order valence-electron chi connectivity index (χ3n) is 3.85. The van der Waals surface area contributed by atoms with Crippen molar-refractivity contribution >= 4 is 6.03 Å². The first-order valence-corrected chi connectivity index (χ1v) is 8.25. The number of hydrogen-bond donors (Lipinski definition) is 2. The average Bonchev–Trinajstić information content (AvgIpc) is 2.72. The SMILES string of the molecule is COc1ccc(CNC(=O)NC(c2ccccc2)c2ccccn2)cn1. The summed E-state index contributed by atoms with van der Waals surface area (Å²) in [5.41, 5.74) is 2.63. The molecule has 6 nitrogen and oxygen atoms in total. The minimum Gasteiger partial charge on any atom is -0.481 e. The van der Waals surface area contributed by atoms with Crippen LogP contribution in [-0.4, -0.2) is 23.1 Å². The first-order valence-electron chi connectivity index (χ1n) is 8.25. The minimum absolute atomic E-state index is 0.277. The molecule has 0 aliphatic carbocycles. The predicted molar refractivity (Wildman–Crippen MR) is 98.7 cm³/mol. The summed E-state index contributed by atoms with van der Waals surface area (Å²) in [6, 6.07) is 18.4. The van der Waals surface area contributed by atoms with Crippen molar-refractivity contribution in [3.05, 3.63) is 89.9 Å². The Morgan fingerprint density at radius 1 is 1.04 bits per heavy atom. The number of carbonyl (C=O) groups is 1. The van der Waals surface area contributed by atoms with E-state index in [9.17, 15) is 4.79 Å². The summed E-state index contributed by atoms with van der Waals surface area (Å²) >= 11 is 0. The Bertz CT molecular complexity index is 784. The fraction of sp³-hybridized carbons (Fsp3) is 0.150. The normalized spacial score (nSPS) is 11.4. The van der Waals surface area contributed by atoms with Crippen molar-refractivity contribution in [3.8, 4) is 5.88 Å². The summed E-state index contributed by atoms with van der Waals surface area (Å²) in [6.45, 7) is 0.368. The van der Waals surface area contributed by atoms with Crippen LogP contribution in [0.5, 0.6) is 5.88 Å². The topological polar surface area (TPSA) is 76.1 Å². The summed E-state index contributed by atoms with van der Waals surface area (Å²) in [6.07, 6.45) is 3.39. The average molecular weight is 348 g/mol. The Hall–Kier alpha value is -3.41. The van der Waals surface area contributed by atoms with E-state index in [0.29, 0.717) is 12.4 Å². The summed E-state index contributed by atoms with van der Waals surface area (Å²) in [4.78, 5) is 20.9. The lowest BCUT2D eigenvalue weighted by Gasteiger charge is -2.19. The molecular weight excluding hydrogens is 328 g/mol. The molecule has 26 heavy (non-hydrogen) atoms. The van der Waals surface area contributed by atoms with Gasteiger partial charge < -0.3 is 15.4 Å². The number of urea groups is 1. The first-order chi connectivity index (χ1) is 12.8. The van der Waals surface area contributed by atoms with E-state index in [2.05, 4.69) is 20.6 Å². The Morgan fingerprint density at radius 3 is 2.50 bits per heavy atom. The van der Waals surface area contributed by atoms with Crippen molar-refractivity contribution in [1.82, 2.24) is 20.6 Å². The highest BCUT2D eigenvalue weighted by molar-refractivity contribution is 5.75. The zero-order chi connectivity index (χ0) is 18.2. The van der Waals surface area contributed by atoms with E-state index in [4.69, 9.17) is 4.74 Å². The lowest BCUT2D eigenvalue weighted by Crippen LogP contribution is -2.38. The van der Waals surface area contributed by atoms with Crippen molar-refractivity contribution in [2.24, 2.45) is 0 Å². The van der Waals surface area contributed by atoms with Gasteiger partial charge in [-0.3, -0.25) is 4.98 Å². The van der Waals surface area contributed by atoms with Gasteiger partial charge in [0.2, 0.25) is 5.88 Å². The van der Waals surface area contributed by atoms with Gasteiger partial charge in [0, 0.05) is 25.0 Å². The molecule has 6 heteroatoms. The van der Waals surface area contributed by atoms with Crippen LogP contribution in [0.1, 0.15) is 22.9 Å². The summed E-state index contributed by atoms with van der Waals surface area (Å²) in [5.74, 6) is 0.539. The smallest absolute Gasteiger partial charge is 0.315 e. The molecule has 132 valence electrons. The fourth-order valence-corrected chi connectivity index (χ4v) is 2.52. The van der Waals surface area contributed by atoms with Crippen LogP contribution < -0.4 is 15.4 Å². The van der Waals surface area contributed by atoms with Gasteiger partial charge in [0.05, 0.1) is 18.8 Å². The third kappa shape index (κ3) is 4.57. The molecule has 2 N–H and O–H groups in total. The van der Waals surface area contributed by atoms with Gasteiger partial charge in [-0.1, -0.05) is 42.5 Å². The molecule has 0 fully saturated rings. The van der Waals surface area contributed by atoms with Crippen LogP contribution in [0, 0.1) is 0 Å². The van der Waals surface area contributed by atoms with Gasteiger partial charge in [-0.2, -0.15) is 0 Å². The van der Waals surface area contributed by atoms with Gasteiger partial charge in [0.25, 0.3) is 0 Å². The second-order valence-electron chi connectivity index (χ2n) is 5.63. The van der Waals surface area contributed by atoms with Crippen LogP contribution >= 0.6 is 0 Å². The number of benzene rings is 1. The molecule has 0 radical (unpaired) electrons. The number of carbonyl (C=O) groups excluding carboxylic acids is 1. The molecule has 1 atom stereocenters. The molecule has 0 aliphatic rings. The van der Waals surface area contributed by atoms with E-state index in [1.165, 1.54) is 0 Å². The molecule has 0 spiro atoms. The largest absolute Gasteiger partial charge is 0.481 e. The number of amides is 2. The second kappa shape index (κ2) is 8.62. The quantitative estimate of drug-likeness (QED) is 0.718. The monoisotopic (exact) mass is 348 g/mol. The molecule has 0 aliphatic heterocycles. The zero-order valence-electron chi connectivity index (χ0n) is 14.4. The number of nitrogens with one attached hydrogen (secondary N) is 2. The van der Waals surface area contributed by atoms with Gasteiger partial charge >= 0.3 is 6.03 Å². The Kier molecular flexibility index (Phi) is 5.77. The van der Waals surface area contributed by atoms with E-state index >= 15 is 0 Å². The number of pyridine rings is 2. The number of aromatic nitrogens is 2. The van der Waals surface area contributed by atoms with Crippen LogP contribution in [0.15, 0.2) is 73.1 Å². The lowest BCUT2D eigenvalue weighted by atomic mass is 10.0. The molecule has 1 unspecified atom stereocenters. The highest BCUT2D eigenvalue weighted by atomic mass is 16.5. The van der Waals surface area contributed by atoms with Crippen molar-refractivity contribution in [2.75, 3.05) is 7.11 Å². The van der Waals surface area contributed by atoms with Crippen LogP contribution in [-0.2, 0) is 6.54 Å². The summed E-state index contributed by atoms with van der Waals surface area (Å²) < 4.78 is 5.03. The Balaban J connectivity index is 1.67. The number of nitrogens with zero attached hydrogens (tertiary/aromatic N) is 2. The van der Waals surface area contributed by atoms with Gasteiger partial charge in [0.15, 0.2) is 0 Å². The molecule has 0 saturated heterocycles. The van der Waals surface area contributed by atoms with E-state index in [-0.39, 0.29) is 12.1 Å². The molecule has 3 aromatic rings. The van der Waals surface area contributed by atoms with Crippen LogP contribution in [0.2, 0.25) is 0 Å². The Labute approximate surface area is 152 Å². The van der Waals surface area contributed by atoms with Gasteiger partial charge in [-0.05, 0) is 23.3 Å². The number of rotatable bonds is 6. The maximum atomic E-state index is 12.4. The third-order valence-corrected chi connectivity index (χ3v) is 3.85. The van der Waals surface area contributed by atoms with Crippen molar-refractivity contribution in [1.29, 1.82) is 0 Å². The minimum atomic E-state index is -0.327. The number of ether oxygens (including phenoxy) is 1. The molecule has 0 saturated carbocycles. The van der Waals surface area contributed by atoms with Crippen molar-refractivity contribution in [3.63, 3.8) is 0 Å². The maximum Gasteiger partial charge on any atom is 0.315 e. The highest BCUT2D eigenvalue weighted by Crippen LogP contribution is 2.19. The lowest BCUT2D eigenvalue weighted by molar-refractivity contribution is 0.238. The predicted octanol–water partition coefficient (Wildman–Crippen LogP) is 3.07. The molecular formula is C20H20N4O2. The maximum absolute atomic E-state index is 12.4.